The SMILES string of the molecule is Cc1ccc(S(=O)N2CCC(=O)C(Br)C2C)cc1. The van der Waals surface area contributed by atoms with Crippen molar-refractivity contribution in [3.05, 3.63) is 29.8 Å². The number of benzene rings is 1. The van der Waals surface area contributed by atoms with Crippen LogP contribution < -0.4 is 0 Å². The van der Waals surface area contributed by atoms with Crippen LogP contribution in [-0.4, -0.2) is 31.7 Å². The fourth-order valence-electron chi connectivity index (χ4n) is 2.00. The number of nitrogens with zero attached hydrogens (tertiary/aromatic N) is 1. The Hall–Kier alpha value is -0.520. The third kappa shape index (κ3) is 2.73. The van der Waals surface area contributed by atoms with Crippen molar-refractivity contribution in [1.29, 1.82) is 0 Å². The molecule has 1 heterocycles. The minimum Gasteiger partial charge on any atom is -0.298 e. The lowest BCUT2D eigenvalue weighted by Gasteiger charge is -2.34. The molecule has 1 aromatic carbocycles. The first kappa shape index (κ1) is 13.9. The summed E-state index contributed by atoms with van der Waals surface area (Å²) in [5.74, 6) is 0.194. The minimum absolute atomic E-state index is 0.0478. The van der Waals surface area contributed by atoms with Crippen molar-refractivity contribution in [2.45, 2.75) is 36.0 Å². The van der Waals surface area contributed by atoms with Crippen LogP contribution in [0.3, 0.4) is 0 Å². The summed E-state index contributed by atoms with van der Waals surface area (Å²) in [4.78, 5) is 12.2. The number of alkyl halides is 1. The molecular formula is C13H16BrNO2S. The summed E-state index contributed by atoms with van der Waals surface area (Å²) in [6.07, 6.45) is 0.456. The van der Waals surface area contributed by atoms with Gasteiger partial charge in [0.25, 0.3) is 0 Å². The van der Waals surface area contributed by atoms with E-state index in [4.69, 9.17) is 0 Å². The molecule has 1 aromatic rings. The fraction of sp³-hybridized carbons (Fsp3) is 0.462. The minimum atomic E-state index is -1.19. The average Bonchev–Trinajstić information content (AvgIpc) is 2.36. The Balaban J connectivity index is 2.19. The van der Waals surface area contributed by atoms with Gasteiger partial charge in [-0.25, -0.2) is 8.51 Å². The average molecular weight is 330 g/mol. The topological polar surface area (TPSA) is 37.4 Å². The van der Waals surface area contributed by atoms with Crippen molar-refractivity contribution in [1.82, 2.24) is 4.31 Å². The number of hydrogen-bond donors (Lipinski definition) is 0. The zero-order valence-corrected chi connectivity index (χ0v) is 12.8. The van der Waals surface area contributed by atoms with E-state index in [9.17, 15) is 9.00 Å². The molecule has 0 N–H and O–H groups in total. The number of carbonyl (C=O) groups excluding carboxylic acids is 1. The maximum atomic E-state index is 12.5. The summed E-state index contributed by atoms with van der Waals surface area (Å²) in [6.45, 7) is 4.49. The predicted molar refractivity (Wildman–Crippen MR) is 76.1 cm³/mol. The monoisotopic (exact) mass is 329 g/mol. The van der Waals surface area contributed by atoms with Crippen LogP contribution in [-0.2, 0) is 15.8 Å². The lowest BCUT2D eigenvalue weighted by atomic mass is 10.1. The van der Waals surface area contributed by atoms with E-state index in [2.05, 4.69) is 15.9 Å². The molecule has 0 bridgehead atoms. The Morgan fingerprint density at radius 2 is 1.94 bits per heavy atom. The molecule has 0 amide bonds. The van der Waals surface area contributed by atoms with Crippen molar-refractivity contribution < 1.29 is 9.00 Å². The second-order valence-electron chi connectivity index (χ2n) is 4.56. The second kappa shape index (κ2) is 5.63. The third-order valence-corrected chi connectivity index (χ3v) is 6.09. The van der Waals surface area contributed by atoms with Crippen LogP contribution in [0, 0.1) is 6.92 Å². The zero-order chi connectivity index (χ0) is 13.3. The zero-order valence-electron chi connectivity index (χ0n) is 10.4. The fourth-order valence-corrected chi connectivity index (χ4v) is 3.99. The normalized spacial score (nSPS) is 27.2. The van der Waals surface area contributed by atoms with Crippen LogP contribution >= 0.6 is 15.9 Å². The summed E-state index contributed by atoms with van der Waals surface area (Å²) >= 11 is 3.39. The molecule has 0 saturated carbocycles. The number of carbonyl (C=O) groups is 1. The number of ketones is 1. The highest BCUT2D eigenvalue weighted by Crippen LogP contribution is 2.25. The van der Waals surface area contributed by atoms with Gasteiger partial charge in [-0.05, 0) is 26.0 Å². The van der Waals surface area contributed by atoms with Gasteiger partial charge in [-0.1, -0.05) is 33.6 Å². The van der Waals surface area contributed by atoms with Crippen molar-refractivity contribution in [2.24, 2.45) is 0 Å². The summed E-state index contributed by atoms with van der Waals surface area (Å²) in [5.41, 5.74) is 1.15. The molecule has 18 heavy (non-hydrogen) atoms. The van der Waals surface area contributed by atoms with E-state index in [0.29, 0.717) is 13.0 Å². The highest BCUT2D eigenvalue weighted by atomic mass is 79.9. The molecule has 1 aliphatic rings. The van der Waals surface area contributed by atoms with Crippen LogP contribution in [0.4, 0.5) is 0 Å². The Morgan fingerprint density at radius 3 is 2.56 bits per heavy atom. The summed E-state index contributed by atoms with van der Waals surface area (Å²) in [7, 11) is -1.19. The number of aryl methyl sites for hydroxylation is 1. The molecule has 0 spiro atoms. The van der Waals surface area contributed by atoms with Gasteiger partial charge in [-0.2, -0.15) is 0 Å². The van der Waals surface area contributed by atoms with E-state index in [1.165, 1.54) is 0 Å². The lowest BCUT2D eigenvalue weighted by molar-refractivity contribution is -0.120. The molecule has 1 fully saturated rings. The molecule has 3 atom stereocenters. The smallest absolute Gasteiger partial charge is 0.149 e. The van der Waals surface area contributed by atoms with Gasteiger partial charge in [-0.3, -0.25) is 4.79 Å². The van der Waals surface area contributed by atoms with Gasteiger partial charge < -0.3 is 0 Å². The Labute approximate surface area is 118 Å². The molecule has 1 saturated heterocycles. The maximum absolute atomic E-state index is 12.5. The van der Waals surface area contributed by atoms with Gasteiger partial charge in [-0.15, -0.1) is 0 Å². The Morgan fingerprint density at radius 1 is 1.33 bits per heavy atom. The van der Waals surface area contributed by atoms with Crippen LogP contribution in [0.2, 0.25) is 0 Å². The maximum Gasteiger partial charge on any atom is 0.149 e. The molecule has 5 heteroatoms. The number of Topliss-reactive ketones (excluding diaryl/α,β-unsaturated/α-hetero) is 1. The van der Waals surface area contributed by atoms with E-state index in [-0.39, 0.29) is 16.7 Å². The molecule has 3 unspecified atom stereocenters. The number of hydrogen-bond acceptors (Lipinski definition) is 2. The highest BCUT2D eigenvalue weighted by Gasteiger charge is 2.35. The molecule has 0 aliphatic carbocycles. The summed E-state index contributed by atoms with van der Waals surface area (Å²) in [5, 5.41) is 0. The molecule has 0 aromatic heterocycles. The van der Waals surface area contributed by atoms with Crippen LogP contribution in [0.1, 0.15) is 18.9 Å². The number of halogens is 1. The van der Waals surface area contributed by atoms with E-state index < -0.39 is 11.0 Å². The standard InChI is InChI=1S/C13H16BrNO2S/c1-9-3-5-11(6-4-9)18(17)15-8-7-12(16)13(14)10(15)2/h3-6,10,13H,7-8H2,1-2H3. The van der Waals surface area contributed by atoms with Gasteiger partial charge in [0.2, 0.25) is 0 Å². The third-order valence-electron chi connectivity index (χ3n) is 3.20. The van der Waals surface area contributed by atoms with Crippen molar-refractivity contribution in [2.75, 3.05) is 6.54 Å². The number of piperidine rings is 1. The van der Waals surface area contributed by atoms with Crippen molar-refractivity contribution >= 4 is 32.7 Å². The first-order valence-electron chi connectivity index (χ1n) is 5.92. The van der Waals surface area contributed by atoms with Crippen LogP contribution in [0.5, 0.6) is 0 Å². The second-order valence-corrected chi connectivity index (χ2v) is 6.99. The molecule has 1 aliphatic heterocycles. The van der Waals surface area contributed by atoms with E-state index in [1.54, 1.807) is 0 Å². The first-order chi connectivity index (χ1) is 8.50. The molecule has 3 nitrogen and oxygen atoms in total. The largest absolute Gasteiger partial charge is 0.298 e. The van der Waals surface area contributed by atoms with Gasteiger partial charge in [0.15, 0.2) is 0 Å². The Bertz CT molecular complexity index is 474. The van der Waals surface area contributed by atoms with Gasteiger partial charge in [0, 0.05) is 19.0 Å². The molecular weight excluding hydrogens is 314 g/mol. The predicted octanol–water partition coefficient (Wildman–Crippen LogP) is 2.44. The van der Waals surface area contributed by atoms with Gasteiger partial charge >= 0.3 is 0 Å². The lowest BCUT2D eigenvalue weighted by Crippen LogP contribution is -2.49. The van der Waals surface area contributed by atoms with E-state index in [0.717, 1.165) is 10.5 Å². The number of rotatable bonds is 2. The van der Waals surface area contributed by atoms with Crippen molar-refractivity contribution in [3.8, 4) is 0 Å². The van der Waals surface area contributed by atoms with Crippen molar-refractivity contribution in [3.63, 3.8) is 0 Å². The van der Waals surface area contributed by atoms with Gasteiger partial charge in [0.05, 0.1) is 9.72 Å². The van der Waals surface area contributed by atoms with Crippen LogP contribution in [0.25, 0.3) is 0 Å². The summed E-state index contributed by atoms with van der Waals surface area (Å²) in [6, 6.07) is 7.64. The molecule has 2 rings (SSSR count). The summed E-state index contributed by atoms with van der Waals surface area (Å²) < 4.78 is 14.4. The van der Waals surface area contributed by atoms with Crippen LogP contribution in [0.15, 0.2) is 29.2 Å². The van der Waals surface area contributed by atoms with E-state index >= 15 is 0 Å². The quantitative estimate of drug-likeness (QED) is 0.781. The molecule has 0 radical (unpaired) electrons. The van der Waals surface area contributed by atoms with E-state index in [1.807, 2.05) is 42.4 Å². The first-order valence-corrected chi connectivity index (χ1v) is 7.95. The molecule has 98 valence electrons. The van der Waals surface area contributed by atoms with Gasteiger partial charge in [0.1, 0.15) is 16.8 Å². The Kier molecular flexibility index (Phi) is 4.35. The highest BCUT2D eigenvalue weighted by molar-refractivity contribution is 9.10.